The lowest BCUT2D eigenvalue weighted by atomic mass is 10.0. The number of hydrogen-bond donors (Lipinski definition) is 2. The quantitative estimate of drug-likeness (QED) is 0.515. The first kappa shape index (κ1) is 22.2. The van der Waals surface area contributed by atoms with Gasteiger partial charge < -0.3 is 10.6 Å². The summed E-state index contributed by atoms with van der Waals surface area (Å²) in [5.74, 6) is 0.333. The van der Waals surface area contributed by atoms with E-state index in [0.717, 1.165) is 23.1 Å². The van der Waals surface area contributed by atoms with E-state index in [1.54, 1.807) is 25.5 Å². The SMILES string of the molecule is CCC(=O)c1ncc(-c2cccc(CC)c2)cc1NC(=O)CNCc1cnc(C)nc1. The van der Waals surface area contributed by atoms with E-state index in [9.17, 15) is 9.59 Å². The minimum absolute atomic E-state index is 0.0865. The van der Waals surface area contributed by atoms with Crippen LogP contribution in [-0.2, 0) is 17.8 Å². The molecular weight excluding hydrogens is 390 g/mol. The van der Waals surface area contributed by atoms with Crippen molar-refractivity contribution in [1.82, 2.24) is 20.3 Å². The summed E-state index contributed by atoms with van der Waals surface area (Å²) in [6.45, 7) is 6.25. The molecule has 3 rings (SSSR count). The van der Waals surface area contributed by atoms with Crippen LogP contribution in [0.3, 0.4) is 0 Å². The molecule has 2 N–H and O–H groups in total. The van der Waals surface area contributed by atoms with Crippen LogP contribution >= 0.6 is 0 Å². The van der Waals surface area contributed by atoms with Crippen LogP contribution in [0.25, 0.3) is 11.1 Å². The van der Waals surface area contributed by atoms with Gasteiger partial charge in [-0.1, -0.05) is 38.1 Å². The predicted molar refractivity (Wildman–Crippen MR) is 121 cm³/mol. The smallest absolute Gasteiger partial charge is 0.238 e. The van der Waals surface area contributed by atoms with Gasteiger partial charge >= 0.3 is 0 Å². The van der Waals surface area contributed by atoms with Crippen molar-refractivity contribution in [1.29, 1.82) is 0 Å². The molecule has 7 nitrogen and oxygen atoms in total. The van der Waals surface area contributed by atoms with E-state index in [1.807, 2.05) is 25.1 Å². The van der Waals surface area contributed by atoms with Gasteiger partial charge in [-0.05, 0) is 30.5 Å². The number of aromatic nitrogens is 3. The first-order chi connectivity index (χ1) is 15.0. The highest BCUT2D eigenvalue weighted by Crippen LogP contribution is 2.26. The van der Waals surface area contributed by atoms with Crippen molar-refractivity contribution in [2.24, 2.45) is 0 Å². The molecule has 31 heavy (non-hydrogen) atoms. The second kappa shape index (κ2) is 10.5. The number of Topliss-reactive ketones (excluding diaryl/α,β-unsaturated/α-hetero) is 1. The number of carbonyl (C=O) groups excluding carboxylic acids is 2. The minimum atomic E-state index is -0.251. The maximum atomic E-state index is 12.5. The van der Waals surface area contributed by atoms with Crippen LogP contribution < -0.4 is 10.6 Å². The van der Waals surface area contributed by atoms with Gasteiger partial charge in [-0.25, -0.2) is 9.97 Å². The Morgan fingerprint density at radius 2 is 1.71 bits per heavy atom. The zero-order chi connectivity index (χ0) is 22.2. The maximum Gasteiger partial charge on any atom is 0.238 e. The Morgan fingerprint density at radius 3 is 2.42 bits per heavy atom. The topological polar surface area (TPSA) is 96.9 Å². The summed E-state index contributed by atoms with van der Waals surface area (Å²) in [4.78, 5) is 37.5. The van der Waals surface area contributed by atoms with E-state index in [2.05, 4.69) is 44.6 Å². The van der Waals surface area contributed by atoms with Gasteiger partial charge in [-0.2, -0.15) is 0 Å². The lowest BCUT2D eigenvalue weighted by Gasteiger charge is -2.12. The Morgan fingerprint density at radius 1 is 0.935 bits per heavy atom. The van der Waals surface area contributed by atoms with Crippen molar-refractivity contribution < 1.29 is 9.59 Å². The van der Waals surface area contributed by atoms with Crippen LogP contribution in [0.15, 0.2) is 48.9 Å². The number of rotatable bonds is 9. The molecule has 0 fully saturated rings. The molecule has 0 atom stereocenters. The third-order valence-electron chi connectivity index (χ3n) is 4.86. The zero-order valence-corrected chi connectivity index (χ0v) is 18.1. The molecular formula is C24H27N5O2. The fourth-order valence-electron chi connectivity index (χ4n) is 3.10. The summed E-state index contributed by atoms with van der Waals surface area (Å²) in [6.07, 6.45) is 6.37. The number of aryl methyl sites for hydroxylation is 2. The molecule has 2 aromatic heterocycles. The number of pyridine rings is 1. The molecule has 2 heterocycles. The Bertz CT molecular complexity index is 1060. The Balaban J connectivity index is 1.74. The van der Waals surface area contributed by atoms with Gasteiger partial charge in [0.15, 0.2) is 5.78 Å². The van der Waals surface area contributed by atoms with Gasteiger partial charge in [-0.3, -0.25) is 14.6 Å². The molecule has 1 aromatic carbocycles. The van der Waals surface area contributed by atoms with E-state index >= 15 is 0 Å². The number of ketones is 1. The van der Waals surface area contributed by atoms with Gasteiger partial charge in [0.1, 0.15) is 11.5 Å². The number of carbonyl (C=O) groups is 2. The van der Waals surface area contributed by atoms with Crippen LogP contribution in [0.4, 0.5) is 5.69 Å². The Hall–Kier alpha value is -3.45. The molecule has 0 aliphatic heterocycles. The number of hydrogen-bond acceptors (Lipinski definition) is 6. The highest BCUT2D eigenvalue weighted by Gasteiger charge is 2.15. The molecule has 160 valence electrons. The van der Waals surface area contributed by atoms with E-state index in [0.29, 0.717) is 24.5 Å². The maximum absolute atomic E-state index is 12.5. The van der Waals surface area contributed by atoms with E-state index in [-0.39, 0.29) is 23.9 Å². The van der Waals surface area contributed by atoms with Crippen LogP contribution in [0.5, 0.6) is 0 Å². The van der Waals surface area contributed by atoms with Crippen molar-refractivity contribution >= 4 is 17.4 Å². The number of nitrogens with zero attached hydrogens (tertiary/aromatic N) is 3. The fourth-order valence-corrected chi connectivity index (χ4v) is 3.10. The van der Waals surface area contributed by atoms with Crippen LogP contribution in [0, 0.1) is 6.92 Å². The molecule has 0 spiro atoms. The fraction of sp³-hybridized carbons (Fsp3) is 0.292. The predicted octanol–water partition coefficient (Wildman–Crippen LogP) is 3.73. The number of anilines is 1. The second-order valence-corrected chi connectivity index (χ2v) is 7.24. The van der Waals surface area contributed by atoms with Crippen molar-refractivity contribution in [3.05, 3.63) is 71.6 Å². The van der Waals surface area contributed by atoms with Gasteiger partial charge in [0.25, 0.3) is 0 Å². The molecule has 0 aliphatic carbocycles. The third-order valence-corrected chi connectivity index (χ3v) is 4.86. The van der Waals surface area contributed by atoms with Gasteiger partial charge in [0.05, 0.1) is 12.2 Å². The summed E-state index contributed by atoms with van der Waals surface area (Å²) in [5.41, 5.74) is 4.65. The summed E-state index contributed by atoms with van der Waals surface area (Å²) < 4.78 is 0. The van der Waals surface area contributed by atoms with Gasteiger partial charge in [-0.15, -0.1) is 0 Å². The molecule has 7 heteroatoms. The third kappa shape index (κ3) is 6.02. The number of amides is 1. The second-order valence-electron chi connectivity index (χ2n) is 7.24. The lowest BCUT2D eigenvalue weighted by Crippen LogP contribution is -2.28. The van der Waals surface area contributed by atoms with E-state index in [1.165, 1.54) is 5.56 Å². The highest BCUT2D eigenvalue weighted by atomic mass is 16.2. The van der Waals surface area contributed by atoms with E-state index < -0.39 is 0 Å². The molecule has 0 saturated carbocycles. The normalized spacial score (nSPS) is 10.7. The molecule has 3 aromatic rings. The van der Waals surface area contributed by atoms with Crippen molar-refractivity contribution in [3.8, 4) is 11.1 Å². The lowest BCUT2D eigenvalue weighted by molar-refractivity contribution is -0.115. The largest absolute Gasteiger partial charge is 0.323 e. The minimum Gasteiger partial charge on any atom is -0.323 e. The van der Waals surface area contributed by atoms with Crippen molar-refractivity contribution in [3.63, 3.8) is 0 Å². The zero-order valence-electron chi connectivity index (χ0n) is 18.1. The average Bonchev–Trinajstić information content (AvgIpc) is 2.80. The number of nitrogens with one attached hydrogen (secondary N) is 2. The Labute approximate surface area is 182 Å². The van der Waals surface area contributed by atoms with Gasteiger partial charge in [0, 0.05) is 42.7 Å². The summed E-state index contributed by atoms with van der Waals surface area (Å²) in [5, 5.41) is 5.91. The first-order valence-electron chi connectivity index (χ1n) is 10.4. The van der Waals surface area contributed by atoms with Crippen LogP contribution in [0.1, 0.15) is 47.7 Å². The average molecular weight is 418 g/mol. The number of benzene rings is 1. The molecule has 0 saturated heterocycles. The summed E-state index contributed by atoms with van der Waals surface area (Å²) in [7, 11) is 0. The standard InChI is InChI=1S/C24H27N5O2/c1-4-17-7-6-8-19(9-17)20-10-21(24(28-14-20)22(30)5-2)29-23(31)15-25-11-18-12-26-16(3)27-13-18/h6-10,12-14,25H,4-5,11,15H2,1-3H3,(H,29,31). The molecule has 0 radical (unpaired) electrons. The summed E-state index contributed by atoms with van der Waals surface area (Å²) in [6, 6.07) is 9.97. The molecule has 0 bridgehead atoms. The van der Waals surface area contributed by atoms with Crippen LogP contribution in [0.2, 0.25) is 0 Å². The van der Waals surface area contributed by atoms with Gasteiger partial charge in [0.2, 0.25) is 5.91 Å². The first-order valence-corrected chi connectivity index (χ1v) is 10.4. The van der Waals surface area contributed by atoms with Crippen LogP contribution in [-0.4, -0.2) is 33.2 Å². The monoisotopic (exact) mass is 417 g/mol. The highest BCUT2D eigenvalue weighted by molar-refractivity contribution is 6.04. The van der Waals surface area contributed by atoms with Crippen molar-refractivity contribution in [2.45, 2.75) is 40.2 Å². The summed E-state index contributed by atoms with van der Waals surface area (Å²) >= 11 is 0. The molecule has 0 unspecified atom stereocenters. The van der Waals surface area contributed by atoms with Crippen molar-refractivity contribution in [2.75, 3.05) is 11.9 Å². The molecule has 1 amide bonds. The molecule has 0 aliphatic rings. The Kier molecular flexibility index (Phi) is 7.56. The van der Waals surface area contributed by atoms with E-state index in [4.69, 9.17) is 0 Å².